The monoisotopic (exact) mass is 411 g/mol. The summed E-state index contributed by atoms with van der Waals surface area (Å²) in [6.45, 7) is 1.95. The zero-order valence-corrected chi connectivity index (χ0v) is 16.2. The molecule has 0 spiro atoms. The second kappa shape index (κ2) is 7.80. The molecule has 11 heteroatoms. The molecule has 0 unspecified atom stereocenters. The topological polar surface area (TPSA) is 117 Å². The lowest BCUT2D eigenvalue weighted by Crippen LogP contribution is -2.38. The molecule has 0 fully saturated rings. The fraction of sp³-hybridized carbons (Fsp3) is 0.222. The van der Waals surface area contributed by atoms with Crippen LogP contribution in [0.4, 0.5) is 0 Å². The Labute approximate surface area is 168 Å². The molecule has 1 N–H and O–H groups in total. The molecule has 0 aliphatic rings. The highest BCUT2D eigenvalue weighted by Crippen LogP contribution is 2.10. The SMILES string of the molecule is C[C@H](C(=O)NCCn1nnn(-c2cccs2)c1=O)n1cnc2ccccc2c1=O. The number of aromatic nitrogens is 6. The second-order valence-corrected chi connectivity index (χ2v) is 7.21. The van der Waals surface area contributed by atoms with E-state index >= 15 is 0 Å². The largest absolute Gasteiger partial charge is 0.369 e. The van der Waals surface area contributed by atoms with Crippen molar-refractivity contribution in [3.63, 3.8) is 0 Å². The number of fused-ring (bicyclic) bond motifs is 1. The van der Waals surface area contributed by atoms with Crippen LogP contribution in [-0.4, -0.2) is 41.8 Å². The van der Waals surface area contributed by atoms with Crippen molar-refractivity contribution in [3.8, 4) is 5.00 Å². The number of rotatable bonds is 6. The van der Waals surface area contributed by atoms with Gasteiger partial charge in [0.15, 0.2) is 0 Å². The lowest BCUT2D eigenvalue weighted by molar-refractivity contribution is -0.124. The first-order chi connectivity index (χ1) is 14.1. The van der Waals surface area contributed by atoms with Crippen molar-refractivity contribution in [2.45, 2.75) is 19.5 Å². The van der Waals surface area contributed by atoms with Gasteiger partial charge in [0.2, 0.25) is 5.91 Å². The summed E-state index contributed by atoms with van der Waals surface area (Å²) < 4.78 is 3.67. The fourth-order valence-corrected chi connectivity index (χ4v) is 3.53. The van der Waals surface area contributed by atoms with E-state index in [1.54, 1.807) is 37.3 Å². The summed E-state index contributed by atoms with van der Waals surface area (Å²) in [5.41, 5.74) is -0.0902. The average molecular weight is 411 g/mol. The third-order valence-corrected chi connectivity index (χ3v) is 5.31. The lowest BCUT2D eigenvalue weighted by Gasteiger charge is -2.15. The number of hydrogen-bond acceptors (Lipinski definition) is 7. The summed E-state index contributed by atoms with van der Waals surface area (Å²) in [7, 11) is 0. The van der Waals surface area contributed by atoms with E-state index in [9.17, 15) is 14.4 Å². The van der Waals surface area contributed by atoms with Crippen LogP contribution in [-0.2, 0) is 11.3 Å². The number of carbonyl (C=O) groups excluding carboxylic acids is 1. The molecular weight excluding hydrogens is 394 g/mol. The Morgan fingerprint density at radius 2 is 2.00 bits per heavy atom. The zero-order chi connectivity index (χ0) is 20.4. The molecule has 1 atom stereocenters. The summed E-state index contributed by atoms with van der Waals surface area (Å²) in [5, 5.41) is 13.3. The number of nitrogens with zero attached hydrogens (tertiary/aromatic N) is 6. The summed E-state index contributed by atoms with van der Waals surface area (Å²) in [4.78, 5) is 41.6. The van der Waals surface area contributed by atoms with Gasteiger partial charge in [-0.25, -0.2) is 9.78 Å². The molecule has 3 heterocycles. The van der Waals surface area contributed by atoms with E-state index in [-0.39, 0.29) is 30.2 Å². The average Bonchev–Trinajstić information content (AvgIpc) is 3.38. The van der Waals surface area contributed by atoms with Crippen molar-refractivity contribution in [1.29, 1.82) is 0 Å². The number of amides is 1. The number of hydrogen-bond donors (Lipinski definition) is 1. The second-order valence-electron chi connectivity index (χ2n) is 6.29. The van der Waals surface area contributed by atoms with Crippen molar-refractivity contribution in [1.82, 2.24) is 34.7 Å². The van der Waals surface area contributed by atoms with Gasteiger partial charge in [0.25, 0.3) is 5.56 Å². The van der Waals surface area contributed by atoms with Crippen LogP contribution < -0.4 is 16.6 Å². The van der Waals surface area contributed by atoms with Crippen molar-refractivity contribution in [2.75, 3.05) is 6.54 Å². The Morgan fingerprint density at radius 3 is 2.79 bits per heavy atom. The minimum atomic E-state index is -0.752. The molecule has 1 amide bonds. The van der Waals surface area contributed by atoms with E-state index in [2.05, 4.69) is 20.7 Å². The van der Waals surface area contributed by atoms with Gasteiger partial charge in [0, 0.05) is 6.54 Å². The van der Waals surface area contributed by atoms with Gasteiger partial charge in [-0.2, -0.15) is 9.36 Å². The highest BCUT2D eigenvalue weighted by atomic mass is 32.1. The van der Waals surface area contributed by atoms with E-state index in [0.717, 1.165) is 0 Å². The van der Waals surface area contributed by atoms with Gasteiger partial charge >= 0.3 is 5.69 Å². The highest BCUT2D eigenvalue weighted by Gasteiger charge is 2.17. The number of tetrazole rings is 1. The molecule has 0 bridgehead atoms. The summed E-state index contributed by atoms with van der Waals surface area (Å²) >= 11 is 1.37. The van der Waals surface area contributed by atoms with Crippen LogP contribution in [0.2, 0.25) is 0 Å². The summed E-state index contributed by atoms with van der Waals surface area (Å²) in [6, 6.07) is 9.80. The molecule has 29 heavy (non-hydrogen) atoms. The van der Waals surface area contributed by atoms with Crippen molar-refractivity contribution in [2.24, 2.45) is 0 Å². The maximum Gasteiger partial charge on any atom is 0.369 e. The van der Waals surface area contributed by atoms with Crippen LogP contribution in [0.5, 0.6) is 0 Å². The smallest absolute Gasteiger partial charge is 0.352 e. The molecular formula is C18H17N7O3S. The molecule has 0 radical (unpaired) electrons. The predicted molar refractivity (Wildman–Crippen MR) is 107 cm³/mol. The maximum atomic E-state index is 12.6. The van der Waals surface area contributed by atoms with E-state index in [0.29, 0.717) is 15.9 Å². The lowest BCUT2D eigenvalue weighted by atomic mass is 10.2. The van der Waals surface area contributed by atoms with Gasteiger partial charge in [-0.15, -0.1) is 11.3 Å². The van der Waals surface area contributed by atoms with Gasteiger partial charge in [-0.3, -0.25) is 14.2 Å². The van der Waals surface area contributed by atoms with Gasteiger partial charge in [-0.05, 0) is 47.0 Å². The molecule has 10 nitrogen and oxygen atoms in total. The third-order valence-electron chi connectivity index (χ3n) is 4.46. The molecule has 4 aromatic rings. The van der Waals surface area contributed by atoms with Crippen LogP contribution in [0, 0.1) is 0 Å². The van der Waals surface area contributed by atoms with Crippen molar-refractivity contribution >= 4 is 28.1 Å². The van der Waals surface area contributed by atoms with Crippen LogP contribution >= 0.6 is 11.3 Å². The number of nitrogens with one attached hydrogen (secondary N) is 1. The molecule has 3 aromatic heterocycles. The quantitative estimate of drug-likeness (QED) is 0.496. The van der Waals surface area contributed by atoms with Gasteiger partial charge in [-0.1, -0.05) is 12.1 Å². The van der Waals surface area contributed by atoms with Crippen LogP contribution in [0.3, 0.4) is 0 Å². The van der Waals surface area contributed by atoms with Gasteiger partial charge < -0.3 is 5.32 Å². The van der Waals surface area contributed by atoms with Crippen molar-refractivity contribution in [3.05, 3.63) is 68.9 Å². The fourth-order valence-electron chi connectivity index (χ4n) is 2.86. The maximum absolute atomic E-state index is 12.6. The normalized spacial score (nSPS) is 12.2. The Kier molecular flexibility index (Phi) is 5.04. The van der Waals surface area contributed by atoms with E-state index in [1.165, 1.54) is 31.6 Å². The number of para-hydroxylation sites is 1. The minimum Gasteiger partial charge on any atom is -0.352 e. The molecule has 1 aromatic carbocycles. The third kappa shape index (κ3) is 3.59. The Balaban J connectivity index is 1.42. The number of benzene rings is 1. The Bertz CT molecular complexity index is 1270. The van der Waals surface area contributed by atoms with Crippen LogP contribution in [0.1, 0.15) is 13.0 Å². The first-order valence-electron chi connectivity index (χ1n) is 8.86. The first-order valence-corrected chi connectivity index (χ1v) is 9.74. The van der Waals surface area contributed by atoms with E-state index in [4.69, 9.17) is 0 Å². The van der Waals surface area contributed by atoms with E-state index in [1.807, 2.05) is 11.4 Å². The standard InChI is InChI=1S/C18H17N7O3S/c1-12(23-11-20-14-6-3-2-5-13(14)17(23)27)16(26)19-8-9-24-18(28)25(22-21-24)15-7-4-10-29-15/h2-7,10-12H,8-9H2,1H3,(H,19,26)/t12-/m1/s1. The molecule has 0 aliphatic heterocycles. The Morgan fingerprint density at radius 1 is 1.17 bits per heavy atom. The molecule has 0 aliphatic carbocycles. The zero-order valence-electron chi connectivity index (χ0n) is 15.4. The Hall–Kier alpha value is -3.60. The van der Waals surface area contributed by atoms with E-state index < -0.39 is 6.04 Å². The number of carbonyl (C=O) groups is 1. The van der Waals surface area contributed by atoms with Crippen molar-refractivity contribution < 1.29 is 4.79 Å². The highest BCUT2D eigenvalue weighted by molar-refractivity contribution is 7.12. The molecule has 4 rings (SSSR count). The molecule has 0 saturated carbocycles. The summed E-state index contributed by atoms with van der Waals surface area (Å²) in [6.07, 6.45) is 1.37. The first kappa shape index (κ1) is 18.7. The van der Waals surface area contributed by atoms with Crippen LogP contribution in [0.15, 0.2) is 57.7 Å². The predicted octanol–water partition coefficient (Wildman–Crippen LogP) is 0.578. The van der Waals surface area contributed by atoms with Crippen LogP contribution in [0.25, 0.3) is 15.9 Å². The number of thiophene rings is 1. The van der Waals surface area contributed by atoms with Gasteiger partial charge in [0.1, 0.15) is 11.0 Å². The molecule has 148 valence electrons. The minimum absolute atomic E-state index is 0.160. The molecule has 0 saturated heterocycles. The summed E-state index contributed by atoms with van der Waals surface area (Å²) in [5.74, 6) is -0.358. The van der Waals surface area contributed by atoms with Gasteiger partial charge in [0.05, 0.1) is 23.8 Å².